The second-order valence-corrected chi connectivity index (χ2v) is 13.4. The number of benzene rings is 1. The van der Waals surface area contributed by atoms with Gasteiger partial charge >= 0.3 is 0 Å². The molecular weight excluding hydrogens is 561 g/mol. The molecule has 0 N–H and O–H groups in total. The van der Waals surface area contributed by atoms with Gasteiger partial charge in [-0.25, -0.2) is 9.37 Å². The van der Waals surface area contributed by atoms with Gasteiger partial charge in [-0.1, -0.05) is 13.8 Å². The number of hydrogen-bond donors (Lipinski definition) is 0. The number of hydrogen-bond acceptors (Lipinski definition) is 9. The molecule has 1 amide bonds. The van der Waals surface area contributed by atoms with Crippen LogP contribution in [0.4, 0.5) is 10.2 Å². The van der Waals surface area contributed by atoms with Crippen LogP contribution in [-0.2, 0) is 4.74 Å². The van der Waals surface area contributed by atoms with Gasteiger partial charge in [-0.15, -0.1) is 10.2 Å². The van der Waals surface area contributed by atoms with Crippen LogP contribution in [0.2, 0.25) is 0 Å². The van der Waals surface area contributed by atoms with Gasteiger partial charge in [0.2, 0.25) is 0 Å². The number of methoxy groups -OCH3 is 1. The number of carbonyl (C=O) groups is 1. The van der Waals surface area contributed by atoms with E-state index >= 15 is 0 Å². The van der Waals surface area contributed by atoms with Crippen molar-refractivity contribution in [3.05, 3.63) is 35.9 Å². The summed E-state index contributed by atoms with van der Waals surface area (Å²) in [4.78, 5) is 26.8. The van der Waals surface area contributed by atoms with Gasteiger partial charge in [-0.05, 0) is 84.7 Å². The molecule has 244 valence electrons. The molecule has 11 heteroatoms. The highest BCUT2D eigenvalue weighted by Crippen LogP contribution is 2.44. The van der Waals surface area contributed by atoms with Crippen molar-refractivity contribution in [1.82, 2.24) is 29.9 Å². The van der Waals surface area contributed by atoms with Crippen LogP contribution in [0.3, 0.4) is 0 Å². The fourth-order valence-electron chi connectivity index (χ4n) is 6.84. The van der Waals surface area contributed by atoms with Gasteiger partial charge < -0.3 is 24.2 Å². The highest BCUT2D eigenvalue weighted by atomic mass is 19.1. The molecule has 2 aromatic rings. The normalized spacial score (nSPS) is 17.9. The molecule has 2 aliphatic rings. The molecule has 1 unspecified atom stereocenters. The van der Waals surface area contributed by atoms with Gasteiger partial charge in [-0.3, -0.25) is 9.69 Å². The largest absolute Gasteiger partial charge is 0.434 e. The molecule has 0 bridgehead atoms. The molecular formula is C33H52FN7O3. The van der Waals surface area contributed by atoms with E-state index < -0.39 is 5.82 Å². The van der Waals surface area contributed by atoms with Crippen LogP contribution in [-0.4, -0.2) is 114 Å². The molecule has 0 radical (unpaired) electrons. The van der Waals surface area contributed by atoms with Crippen LogP contribution in [0, 0.1) is 17.2 Å². The van der Waals surface area contributed by atoms with E-state index in [9.17, 15) is 9.18 Å². The second-order valence-electron chi connectivity index (χ2n) is 13.4. The van der Waals surface area contributed by atoms with E-state index in [1.54, 1.807) is 12.0 Å². The fraction of sp³-hybridized carbons (Fsp3) is 0.697. The van der Waals surface area contributed by atoms with Gasteiger partial charge in [0, 0.05) is 63.9 Å². The quantitative estimate of drug-likeness (QED) is 0.277. The van der Waals surface area contributed by atoms with Crippen LogP contribution in [0.25, 0.3) is 0 Å². The van der Waals surface area contributed by atoms with Crippen molar-refractivity contribution < 1.29 is 18.7 Å². The number of likely N-dealkylation sites (N-methyl/N-ethyl adjacent to an activating group) is 1. The smallest absolute Gasteiger partial charge is 0.282 e. The van der Waals surface area contributed by atoms with E-state index in [-0.39, 0.29) is 40.7 Å². The van der Waals surface area contributed by atoms with Crippen LogP contribution >= 0.6 is 0 Å². The summed E-state index contributed by atoms with van der Waals surface area (Å²) in [5.41, 5.74) is 0.361. The number of carbonyl (C=O) groups excluding carboxylic acids is 1. The summed E-state index contributed by atoms with van der Waals surface area (Å²) in [5, 5.41) is 8.22. The SMILES string of the molecule is CCN(C(=O)c1cc(F)ccc1Oc1nncnc1N1CCC2(C1)CN([C@H](CCCN(C)CC(C)OC)C(C)C)C2)C(C)C. The average Bonchev–Trinajstić information content (AvgIpc) is 3.41. The number of anilines is 1. The number of amides is 1. The monoisotopic (exact) mass is 613 g/mol. The van der Waals surface area contributed by atoms with Crippen molar-refractivity contribution in [2.45, 2.75) is 79.0 Å². The highest BCUT2D eigenvalue weighted by Gasteiger charge is 2.50. The summed E-state index contributed by atoms with van der Waals surface area (Å²) in [6.45, 7) is 18.9. The van der Waals surface area contributed by atoms with Gasteiger partial charge in [0.05, 0.1) is 11.7 Å². The Kier molecular flexibility index (Phi) is 11.5. The molecule has 10 nitrogen and oxygen atoms in total. The third kappa shape index (κ3) is 8.03. The molecule has 2 fully saturated rings. The maximum atomic E-state index is 14.3. The lowest BCUT2D eigenvalue weighted by Gasteiger charge is -2.53. The molecule has 44 heavy (non-hydrogen) atoms. The van der Waals surface area contributed by atoms with Crippen molar-refractivity contribution in [3.8, 4) is 11.6 Å². The third-order valence-electron chi connectivity index (χ3n) is 9.24. The van der Waals surface area contributed by atoms with Gasteiger partial charge in [0.25, 0.3) is 11.8 Å². The van der Waals surface area contributed by atoms with Crippen LogP contribution in [0.1, 0.15) is 71.2 Å². The maximum absolute atomic E-state index is 14.3. The first kappa shape index (κ1) is 34.0. The fourth-order valence-corrected chi connectivity index (χ4v) is 6.84. The first-order chi connectivity index (χ1) is 21.0. The predicted molar refractivity (Wildman–Crippen MR) is 171 cm³/mol. The van der Waals surface area contributed by atoms with Crippen molar-refractivity contribution in [3.63, 3.8) is 0 Å². The molecule has 1 spiro atoms. The Labute approximate surface area is 262 Å². The molecule has 0 aliphatic carbocycles. The number of likely N-dealkylation sites (tertiary alicyclic amines) is 1. The Bertz CT molecular complexity index is 1240. The summed E-state index contributed by atoms with van der Waals surface area (Å²) in [5.74, 6) is 0.863. The third-order valence-corrected chi connectivity index (χ3v) is 9.24. The lowest BCUT2D eigenvalue weighted by atomic mass is 9.76. The van der Waals surface area contributed by atoms with E-state index in [0.717, 1.165) is 45.7 Å². The number of ether oxygens (including phenoxy) is 2. The van der Waals surface area contributed by atoms with Gasteiger partial charge in [-0.2, -0.15) is 0 Å². The standard InChI is InChI=1S/C33H52FN7O3/c1-9-41(24(4)5)32(42)27-17-26(34)12-13-29(27)44-31-30(35-22-36-37-31)39-16-14-33(19-39)20-40(21-33)28(23(2)3)11-10-15-38(7)18-25(6)43-8/h12-13,17,22-25,28H,9-11,14-16,18-21H2,1-8H3/t25?,28-/m1/s1. The molecule has 3 heterocycles. The average molecular weight is 614 g/mol. The summed E-state index contributed by atoms with van der Waals surface area (Å²) >= 11 is 0. The lowest BCUT2D eigenvalue weighted by Crippen LogP contribution is -2.62. The molecule has 2 atom stereocenters. The summed E-state index contributed by atoms with van der Waals surface area (Å²) < 4.78 is 25.9. The maximum Gasteiger partial charge on any atom is 0.282 e. The van der Waals surface area contributed by atoms with Gasteiger partial charge in [0.15, 0.2) is 5.82 Å². The molecule has 0 saturated carbocycles. The van der Waals surface area contributed by atoms with Crippen molar-refractivity contribution in [2.75, 3.05) is 64.9 Å². The first-order valence-corrected chi connectivity index (χ1v) is 16.1. The van der Waals surface area contributed by atoms with Crippen LogP contribution in [0.15, 0.2) is 24.5 Å². The highest BCUT2D eigenvalue weighted by molar-refractivity contribution is 5.97. The minimum absolute atomic E-state index is 0.0402. The number of nitrogens with zero attached hydrogens (tertiary/aromatic N) is 7. The van der Waals surface area contributed by atoms with E-state index in [0.29, 0.717) is 24.3 Å². The number of aromatic nitrogens is 3. The summed E-state index contributed by atoms with van der Waals surface area (Å²) in [6, 6.07) is 4.51. The number of rotatable bonds is 15. The molecule has 2 saturated heterocycles. The Hall–Kier alpha value is -2.89. The second kappa shape index (κ2) is 14.9. The Morgan fingerprint density at radius 3 is 2.57 bits per heavy atom. The Balaban J connectivity index is 1.41. The van der Waals surface area contributed by atoms with E-state index in [1.165, 1.54) is 37.4 Å². The number of halogens is 1. The Morgan fingerprint density at radius 2 is 1.91 bits per heavy atom. The van der Waals surface area contributed by atoms with Crippen molar-refractivity contribution >= 4 is 11.7 Å². The topological polar surface area (TPSA) is 87.2 Å². The van der Waals surface area contributed by atoms with E-state index in [2.05, 4.69) is 57.7 Å². The minimum atomic E-state index is -0.499. The zero-order valence-electron chi connectivity index (χ0n) is 27.9. The van der Waals surface area contributed by atoms with E-state index in [1.807, 2.05) is 20.8 Å². The van der Waals surface area contributed by atoms with E-state index in [4.69, 9.17) is 9.47 Å². The zero-order chi connectivity index (χ0) is 32.0. The Morgan fingerprint density at radius 1 is 1.16 bits per heavy atom. The van der Waals surface area contributed by atoms with Crippen molar-refractivity contribution in [1.29, 1.82) is 0 Å². The molecule has 2 aliphatic heterocycles. The predicted octanol–water partition coefficient (Wildman–Crippen LogP) is 4.96. The van der Waals surface area contributed by atoms with Gasteiger partial charge in [0.1, 0.15) is 17.9 Å². The van der Waals surface area contributed by atoms with Crippen molar-refractivity contribution in [2.24, 2.45) is 11.3 Å². The molecule has 4 rings (SSSR count). The van der Waals surface area contributed by atoms with Crippen LogP contribution < -0.4 is 9.64 Å². The molecule has 1 aromatic heterocycles. The minimum Gasteiger partial charge on any atom is -0.434 e. The first-order valence-electron chi connectivity index (χ1n) is 16.1. The van der Waals surface area contributed by atoms with Crippen LogP contribution in [0.5, 0.6) is 11.6 Å². The summed E-state index contributed by atoms with van der Waals surface area (Å²) in [6.07, 6.45) is 5.08. The lowest BCUT2D eigenvalue weighted by molar-refractivity contribution is -0.0346. The summed E-state index contributed by atoms with van der Waals surface area (Å²) in [7, 11) is 3.94. The molecule has 1 aromatic carbocycles. The zero-order valence-corrected chi connectivity index (χ0v) is 27.9.